The molecule has 1 aromatic carbocycles. The van der Waals surface area contributed by atoms with Crippen molar-refractivity contribution in [2.24, 2.45) is 0 Å². The maximum Gasteiger partial charge on any atom is 0.408 e. The van der Waals surface area contributed by atoms with Crippen LogP contribution in [-0.4, -0.2) is 54.1 Å². The van der Waals surface area contributed by atoms with Gasteiger partial charge < -0.3 is 20.3 Å². The van der Waals surface area contributed by atoms with Crippen LogP contribution in [0.3, 0.4) is 0 Å². The molecular formula is C21H28FN3O4. The summed E-state index contributed by atoms with van der Waals surface area (Å²) < 4.78 is 18.7. The van der Waals surface area contributed by atoms with Gasteiger partial charge in [0.1, 0.15) is 18.0 Å². The molecule has 1 aromatic rings. The number of likely N-dealkylation sites (tertiary alicyclic amines) is 1. The second-order valence-electron chi connectivity index (χ2n) is 7.88. The Morgan fingerprint density at radius 1 is 1.21 bits per heavy atom. The highest BCUT2D eigenvalue weighted by molar-refractivity contribution is 5.92. The number of hydrogen-bond acceptors (Lipinski definition) is 4. The van der Waals surface area contributed by atoms with Crippen LogP contribution in [0.15, 0.2) is 30.3 Å². The first-order valence-electron chi connectivity index (χ1n) is 9.62. The summed E-state index contributed by atoms with van der Waals surface area (Å²) in [4.78, 5) is 37.5. The van der Waals surface area contributed by atoms with Gasteiger partial charge in [0, 0.05) is 30.8 Å². The number of nitrogens with one attached hydrogen (secondary N) is 2. The van der Waals surface area contributed by atoms with E-state index in [2.05, 4.69) is 10.6 Å². The first-order valence-corrected chi connectivity index (χ1v) is 9.62. The van der Waals surface area contributed by atoms with Crippen LogP contribution in [0.25, 0.3) is 6.08 Å². The topological polar surface area (TPSA) is 87.7 Å². The van der Waals surface area contributed by atoms with Crippen LogP contribution in [0.4, 0.5) is 9.18 Å². The number of rotatable bonds is 5. The fraction of sp³-hybridized carbons (Fsp3) is 0.476. The lowest BCUT2D eigenvalue weighted by Crippen LogP contribution is -2.48. The van der Waals surface area contributed by atoms with Gasteiger partial charge in [0.2, 0.25) is 11.8 Å². The minimum atomic E-state index is -0.644. The molecule has 158 valence electrons. The minimum absolute atomic E-state index is 0.0671. The molecule has 2 N–H and O–H groups in total. The van der Waals surface area contributed by atoms with Crippen molar-refractivity contribution in [3.8, 4) is 0 Å². The summed E-state index contributed by atoms with van der Waals surface area (Å²) in [5, 5.41) is 5.26. The Balaban J connectivity index is 1.72. The van der Waals surface area contributed by atoms with Crippen LogP contribution in [0, 0.1) is 5.82 Å². The number of piperidine rings is 1. The van der Waals surface area contributed by atoms with Crippen molar-refractivity contribution in [3.63, 3.8) is 0 Å². The number of nitrogens with zero attached hydrogens (tertiary/aromatic N) is 1. The summed E-state index contributed by atoms with van der Waals surface area (Å²) in [5.74, 6) is -0.873. The fourth-order valence-electron chi connectivity index (χ4n) is 2.87. The third-order valence-electron chi connectivity index (χ3n) is 4.27. The molecular weight excluding hydrogens is 377 g/mol. The Labute approximate surface area is 170 Å². The standard InChI is InChI=1S/C21H28FN3O4/c1-21(2,3)29-20(28)23-14-18(26)24-16-10-12-25(13-11-16)19(27)9-8-15-6-4-5-7-17(15)22/h4-9,16H,10-14H2,1-3H3,(H,23,28)(H,24,26)/b9-8+. The Bertz CT molecular complexity index is 765. The number of carbonyl (C=O) groups excluding carboxylic acids is 3. The minimum Gasteiger partial charge on any atom is -0.444 e. The molecule has 2 rings (SSSR count). The SMILES string of the molecule is CC(C)(C)OC(=O)NCC(=O)NC1CCN(C(=O)/C=C/c2ccccc2F)CC1. The summed E-state index contributed by atoms with van der Waals surface area (Å²) in [6.45, 7) is 6.04. The molecule has 0 aliphatic carbocycles. The molecule has 0 radical (unpaired) electrons. The normalized spacial score (nSPS) is 15.2. The lowest BCUT2D eigenvalue weighted by molar-refractivity contribution is -0.127. The molecule has 1 aliphatic rings. The highest BCUT2D eigenvalue weighted by atomic mass is 19.1. The Morgan fingerprint density at radius 3 is 2.48 bits per heavy atom. The van der Waals surface area contributed by atoms with E-state index in [1.54, 1.807) is 43.9 Å². The molecule has 1 saturated heterocycles. The third kappa shape index (κ3) is 7.93. The summed E-state index contributed by atoms with van der Waals surface area (Å²) in [6, 6.07) is 6.18. The zero-order valence-corrected chi connectivity index (χ0v) is 17.0. The van der Waals surface area contributed by atoms with E-state index in [4.69, 9.17) is 4.74 Å². The number of ether oxygens (including phenoxy) is 1. The Hall–Kier alpha value is -2.90. The van der Waals surface area contributed by atoms with Crippen LogP contribution in [0.5, 0.6) is 0 Å². The molecule has 8 heteroatoms. The average molecular weight is 405 g/mol. The summed E-state index contributed by atoms with van der Waals surface area (Å²) in [5.41, 5.74) is -0.263. The summed E-state index contributed by atoms with van der Waals surface area (Å²) in [7, 11) is 0. The van der Waals surface area contributed by atoms with Gasteiger partial charge in [-0.25, -0.2) is 9.18 Å². The van der Waals surface area contributed by atoms with Gasteiger partial charge in [-0.1, -0.05) is 18.2 Å². The maximum atomic E-state index is 13.6. The van der Waals surface area contributed by atoms with Gasteiger partial charge in [-0.05, 0) is 45.8 Å². The molecule has 3 amide bonds. The lowest BCUT2D eigenvalue weighted by atomic mass is 10.0. The lowest BCUT2D eigenvalue weighted by Gasteiger charge is -2.31. The van der Waals surface area contributed by atoms with Crippen LogP contribution in [-0.2, 0) is 14.3 Å². The molecule has 0 unspecified atom stereocenters. The van der Waals surface area contributed by atoms with Crippen molar-refractivity contribution in [3.05, 3.63) is 41.7 Å². The van der Waals surface area contributed by atoms with Crippen molar-refractivity contribution in [2.45, 2.75) is 45.3 Å². The first-order chi connectivity index (χ1) is 13.6. The molecule has 1 heterocycles. The van der Waals surface area contributed by atoms with Crippen LogP contribution >= 0.6 is 0 Å². The molecule has 29 heavy (non-hydrogen) atoms. The van der Waals surface area contributed by atoms with Gasteiger partial charge in [0.15, 0.2) is 0 Å². The zero-order valence-electron chi connectivity index (χ0n) is 17.0. The number of alkyl carbamates (subject to hydrolysis) is 1. The molecule has 0 atom stereocenters. The second kappa shape index (κ2) is 10.0. The fourth-order valence-corrected chi connectivity index (χ4v) is 2.87. The molecule has 1 fully saturated rings. The van der Waals surface area contributed by atoms with E-state index < -0.39 is 11.7 Å². The average Bonchev–Trinajstić information content (AvgIpc) is 2.65. The van der Waals surface area contributed by atoms with Gasteiger partial charge in [0.05, 0.1) is 0 Å². The molecule has 0 aromatic heterocycles. The van der Waals surface area contributed by atoms with E-state index >= 15 is 0 Å². The first kappa shape index (κ1) is 22.4. The molecule has 0 bridgehead atoms. The van der Waals surface area contributed by atoms with E-state index in [-0.39, 0.29) is 30.2 Å². The van der Waals surface area contributed by atoms with E-state index in [1.807, 2.05) is 0 Å². The van der Waals surface area contributed by atoms with E-state index in [0.717, 1.165) is 0 Å². The van der Waals surface area contributed by atoms with Crippen molar-refractivity contribution in [2.75, 3.05) is 19.6 Å². The van der Waals surface area contributed by atoms with E-state index in [0.29, 0.717) is 31.5 Å². The van der Waals surface area contributed by atoms with Crippen molar-refractivity contribution < 1.29 is 23.5 Å². The molecule has 1 aliphatic heterocycles. The van der Waals surface area contributed by atoms with Crippen molar-refractivity contribution in [1.29, 1.82) is 0 Å². The Kier molecular flexibility index (Phi) is 7.75. The maximum absolute atomic E-state index is 13.6. The van der Waals surface area contributed by atoms with Crippen LogP contribution in [0.1, 0.15) is 39.2 Å². The van der Waals surface area contributed by atoms with Crippen LogP contribution in [0.2, 0.25) is 0 Å². The van der Waals surface area contributed by atoms with E-state index in [9.17, 15) is 18.8 Å². The predicted octanol–water partition coefficient (Wildman–Crippen LogP) is 2.47. The zero-order chi connectivity index (χ0) is 21.4. The molecule has 7 nitrogen and oxygen atoms in total. The number of benzene rings is 1. The van der Waals surface area contributed by atoms with Gasteiger partial charge in [-0.2, -0.15) is 0 Å². The van der Waals surface area contributed by atoms with Gasteiger partial charge in [0.25, 0.3) is 0 Å². The molecule has 0 saturated carbocycles. The number of halogens is 1. The summed E-state index contributed by atoms with van der Waals surface area (Å²) in [6.07, 6.45) is 3.40. The highest BCUT2D eigenvalue weighted by Crippen LogP contribution is 2.13. The number of carbonyl (C=O) groups is 3. The Morgan fingerprint density at radius 2 is 1.86 bits per heavy atom. The smallest absolute Gasteiger partial charge is 0.408 e. The second-order valence-corrected chi connectivity index (χ2v) is 7.88. The van der Waals surface area contributed by atoms with Gasteiger partial charge in [-0.15, -0.1) is 0 Å². The predicted molar refractivity (Wildman–Crippen MR) is 107 cm³/mol. The van der Waals surface area contributed by atoms with Gasteiger partial charge in [-0.3, -0.25) is 9.59 Å². The number of hydrogen-bond donors (Lipinski definition) is 2. The van der Waals surface area contributed by atoms with Crippen molar-refractivity contribution >= 4 is 24.0 Å². The quantitative estimate of drug-likeness (QED) is 0.737. The molecule has 0 spiro atoms. The highest BCUT2D eigenvalue weighted by Gasteiger charge is 2.23. The summed E-state index contributed by atoms with van der Waals surface area (Å²) >= 11 is 0. The number of amides is 3. The van der Waals surface area contributed by atoms with E-state index in [1.165, 1.54) is 18.2 Å². The largest absolute Gasteiger partial charge is 0.444 e. The van der Waals surface area contributed by atoms with Gasteiger partial charge >= 0.3 is 6.09 Å². The van der Waals surface area contributed by atoms with Crippen molar-refractivity contribution in [1.82, 2.24) is 15.5 Å². The van der Waals surface area contributed by atoms with Crippen LogP contribution < -0.4 is 10.6 Å². The third-order valence-corrected chi connectivity index (χ3v) is 4.27. The monoisotopic (exact) mass is 405 g/mol.